The van der Waals surface area contributed by atoms with Crippen LogP contribution in [0.2, 0.25) is 0 Å². The Labute approximate surface area is 100 Å². The second-order valence-corrected chi connectivity index (χ2v) is 4.60. The second-order valence-electron chi connectivity index (χ2n) is 4.08. The van der Waals surface area contributed by atoms with Gasteiger partial charge in [0.2, 0.25) is 0 Å². The summed E-state index contributed by atoms with van der Waals surface area (Å²) in [5, 5.41) is 0. The van der Waals surface area contributed by atoms with Crippen molar-refractivity contribution in [1.82, 2.24) is 9.55 Å². The molecule has 0 saturated heterocycles. The van der Waals surface area contributed by atoms with Crippen LogP contribution in [0.25, 0.3) is 11.0 Å². The average molecular weight is 233 g/mol. The Balaban J connectivity index is 2.40. The third kappa shape index (κ3) is 2.07. The molecule has 2 rings (SSSR count). The van der Waals surface area contributed by atoms with Crippen molar-refractivity contribution in [2.45, 2.75) is 26.8 Å². The fourth-order valence-corrected chi connectivity index (χ4v) is 1.81. The molecular weight excluding hydrogens is 218 g/mol. The molecule has 0 fully saturated rings. The summed E-state index contributed by atoms with van der Waals surface area (Å²) >= 11 is 4.88. The van der Waals surface area contributed by atoms with Crippen LogP contribution in [-0.2, 0) is 6.54 Å². The minimum atomic E-state index is 0.547. The predicted octanol–water partition coefficient (Wildman–Crippen LogP) is 2.33. The third-order valence-corrected chi connectivity index (χ3v) is 3.04. The van der Waals surface area contributed by atoms with E-state index in [1.165, 1.54) is 11.1 Å². The smallest absolute Gasteiger partial charge is 0.0958 e. The highest BCUT2D eigenvalue weighted by atomic mass is 32.1. The van der Waals surface area contributed by atoms with E-state index < -0.39 is 0 Å². The van der Waals surface area contributed by atoms with E-state index in [0.29, 0.717) is 11.4 Å². The lowest BCUT2D eigenvalue weighted by Gasteiger charge is -2.05. The molecule has 84 valence electrons. The molecule has 2 aromatic rings. The van der Waals surface area contributed by atoms with Crippen molar-refractivity contribution in [2.75, 3.05) is 0 Å². The van der Waals surface area contributed by atoms with E-state index in [-0.39, 0.29) is 0 Å². The zero-order valence-corrected chi connectivity index (χ0v) is 10.3. The Kier molecular flexibility index (Phi) is 2.92. The molecule has 0 aliphatic heterocycles. The molecular formula is C12H15N3S. The SMILES string of the molecule is Cc1cc2ncn(CCC(N)=S)c2cc1C. The van der Waals surface area contributed by atoms with Gasteiger partial charge in [-0.2, -0.15) is 0 Å². The van der Waals surface area contributed by atoms with E-state index in [1.807, 2.05) is 6.33 Å². The van der Waals surface area contributed by atoms with Gasteiger partial charge in [0.15, 0.2) is 0 Å². The van der Waals surface area contributed by atoms with Crippen LogP contribution >= 0.6 is 12.2 Å². The van der Waals surface area contributed by atoms with Gasteiger partial charge >= 0.3 is 0 Å². The largest absolute Gasteiger partial charge is 0.393 e. The average Bonchev–Trinajstić information content (AvgIpc) is 2.58. The first-order valence-corrected chi connectivity index (χ1v) is 5.69. The summed E-state index contributed by atoms with van der Waals surface area (Å²) in [5.74, 6) is 0. The standard InChI is InChI=1S/C12H15N3S/c1-8-5-10-11(6-9(8)2)15(7-14-10)4-3-12(13)16/h5-7H,3-4H2,1-2H3,(H2,13,16). The highest BCUT2D eigenvalue weighted by molar-refractivity contribution is 7.80. The number of aryl methyl sites for hydroxylation is 3. The van der Waals surface area contributed by atoms with Gasteiger partial charge in [-0.3, -0.25) is 0 Å². The maximum atomic E-state index is 5.50. The number of nitrogens with two attached hydrogens (primary N) is 1. The zero-order chi connectivity index (χ0) is 11.7. The van der Waals surface area contributed by atoms with Crippen molar-refractivity contribution in [3.63, 3.8) is 0 Å². The molecule has 0 bridgehead atoms. The first-order valence-electron chi connectivity index (χ1n) is 5.28. The molecule has 0 saturated carbocycles. The van der Waals surface area contributed by atoms with E-state index in [2.05, 4.69) is 35.5 Å². The maximum Gasteiger partial charge on any atom is 0.0958 e. The van der Waals surface area contributed by atoms with Crippen LogP contribution < -0.4 is 5.73 Å². The van der Waals surface area contributed by atoms with Crippen molar-refractivity contribution < 1.29 is 0 Å². The van der Waals surface area contributed by atoms with Crippen LogP contribution in [0.15, 0.2) is 18.5 Å². The highest BCUT2D eigenvalue weighted by Gasteiger charge is 2.04. The van der Waals surface area contributed by atoms with E-state index in [1.54, 1.807) is 0 Å². The molecule has 1 aromatic heterocycles. The monoisotopic (exact) mass is 233 g/mol. The zero-order valence-electron chi connectivity index (χ0n) is 9.53. The van der Waals surface area contributed by atoms with Crippen LogP contribution in [0.3, 0.4) is 0 Å². The minimum absolute atomic E-state index is 0.547. The number of hydrogen-bond acceptors (Lipinski definition) is 2. The van der Waals surface area contributed by atoms with Gasteiger partial charge in [0, 0.05) is 13.0 Å². The summed E-state index contributed by atoms with van der Waals surface area (Å²) in [6.07, 6.45) is 2.57. The topological polar surface area (TPSA) is 43.8 Å². The lowest BCUT2D eigenvalue weighted by molar-refractivity contribution is 0.748. The van der Waals surface area contributed by atoms with Crippen molar-refractivity contribution >= 4 is 28.2 Å². The normalized spacial score (nSPS) is 10.9. The molecule has 4 heteroatoms. The van der Waals surface area contributed by atoms with Gasteiger partial charge in [-0.15, -0.1) is 0 Å². The van der Waals surface area contributed by atoms with Gasteiger partial charge in [0.1, 0.15) is 0 Å². The molecule has 0 radical (unpaired) electrons. The molecule has 0 unspecified atom stereocenters. The van der Waals surface area contributed by atoms with Gasteiger partial charge in [0.25, 0.3) is 0 Å². The fraction of sp³-hybridized carbons (Fsp3) is 0.333. The fourth-order valence-electron chi connectivity index (χ4n) is 1.72. The van der Waals surface area contributed by atoms with Gasteiger partial charge < -0.3 is 10.3 Å². The lowest BCUT2D eigenvalue weighted by atomic mass is 10.1. The first-order chi connectivity index (χ1) is 7.58. The van der Waals surface area contributed by atoms with Gasteiger partial charge in [-0.25, -0.2) is 4.98 Å². The summed E-state index contributed by atoms with van der Waals surface area (Å²) in [5.41, 5.74) is 10.2. The quantitative estimate of drug-likeness (QED) is 0.827. The molecule has 0 amide bonds. The minimum Gasteiger partial charge on any atom is -0.393 e. The Morgan fingerprint density at radius 3 is 2.75 bits per heavy atom. The molecule has 1 heterocycles. The molecule has 0 aliphatic rings. The van der Waals surface area contributed by atoms with Crippen molar-refractivity contribution in [3.8, 4) is 0 Å². The number of fused-ring (bicyclic) bond motifs is 1. The number of aromatic nitrogens is 2. The Bertz CT molecular complexity index is 542. The van der Waals surface area contributed by atoms with Gasteiger partial charge in [-0.05, 0) is 37.1 Å². The summed E-state index contributed by atoms with van der Waals surface area (Å²) in [4.78, 5) is 4.92. The molecule has 16 heavy (non-hydrogen) atoms. The maximum absolute atomic E-state index is 5.50. The molecule has 2 N–H and O–H groups in total. The number of hydrogen-bond donors (Lipinski definition) is 1. The number of rotatable bonds is 3. The Hall–Kier alpha value is -1.42. The van der Waals surface area contributed by atoms with E-state index in [9.17, 15) is 0 Å². The summed E-state index contributed by atoms with van der Waals surface area (Å²) < 4.78 is 2.10. The van der Waals surface area contributed by atoms with Gasteiger partial charge in [-0.1, -0.05) is 12.2 Å². The summed E-state index contributed by atoms with van der Waals surface area (Å²) in [6, 6.07) is 4.28. The molecule has 0 aliphatic carbocycles. The van der Waals surface area contributed by atoms with Crippen molar-refractivity contribution in [3.05, 3.63) is 29.6 Å². The van der Waals surface area contributed by atoms with Crippen LogP contribution in [0.4, 0.5) is 0 Å². The highest BCUT2D eigenvalue weighted by Crippen LogP contribution is 2.18. The molecule has 1 aromatic carbocycles. The van der Waals surface area contributed by atoms with Crippen LogP contribution in [0.5, 0.6) is 0 Å². The number of nitrogens with zero attached hydrogens (tertiary/aromatic N) is 2. The van der Waals surface area contributed by atoms with Crippen molar-refractivity contribution in [1.29, 1.82) is 0 Å². The number of imidazole rings is 1. The van der Waals surface area contributed by atoms with Crippen LogP contribution in [0, 0.1) is 13.8 Å². The molecule has 0 spiro atoms. The van der Waals surface area contributed by atoms with Crippen molar-refractivity contribution in [2.24, 2.45) is 5.73 Å². The lowest BCUT2D eigenvalue weighted by Crippen LogP contribution is -2.11. The van der Waals surface area contributed by atoms with E-state index in [0.717, 1.165) is 17.6 Å². The molecule has 0 atom stereocenters. The van der Waals surface area contributed by atoms with Gasteiger partial charge in [0.05, 0.1) is 22.3 Å². The summed E-state index contributed by atoms with van der Waals surface area (Å²) in [6.45, 7) is 5.01. The summed E-state index contributed by atoms with van der Waals surface area (Å²) in [7, 11) is 0. The molecule has 3 nitrogen and oxygen atoms in total. The Morgan fingerprint density at radius 2 is 2.06 bits per heavy atom. The van der Waals surface area contributed by atoms with Crippen LogP contribution in [0.1, 0.15) is 17.5 Å². The first kappa shape index (κ1) is 11.1. The predicted molar refractivity (Wildman–Crippen MR) is 70.6 cm³/mol. The second kappa shape index (κ2) is 4.22. The Morgan fingerprint density at radius 1 is 1.38 bits per heavy atom. The van der Waals surface area contributed by atoms with Crippen LogP contribution in [-0.4, -0.2) is 14.5 Å². The number of thiocarbonyl (C=S) groups is 1. The number of benzene rings is 1. The van der Waals surface area contributed by atoms with E-state index >= 15 is 0 Å². The third-order valence-electron chi connectivity index (χ3n) is 2.84. The van der Waals surface area contributed by atoms with E-state index in [4.69, 9.17) is 18.0 Å².